The van der Waals surface area contributed by atoms with Crippen LogP contribution in [0.25, 0.3) is 0 Å². The second-order valence-electron chi connectivity index (χ2n) is 12.1. The molecule has 246 valence electrons. The smallest absolute Gasteiger partial charge is 0.264 e. The zero-order valence-corrected chi connectivity index (χ0v) is 28.9. The number of anilines is 1. The summed E-state index contributed by atoms with van der Waals surface area (Å²) in [5, 5.41) is 4.06. The number of hydrogen-bond donors (Lipinski definition) is 1. The van der Waals surface area contributed by atoms with Crippen molar-refractivity contribution in [1.82, 2.24) is 10.2 Å². The Labute approximate surface area is 287 Å². The summed E-state index contributed by atoms with van der Waals surface area (Å²) in [5.74, 6) is -0.799. The Balaban J connectivity index is 1.58. The summed E-state index contributed by atoms with van der Waals surface area (Å²) in [6.07, 6.45) is 4.08. The molecule has 0 aromatic heterocycles. The van der Waals surface area contributed by atoms with Gasteiger partial charge in [0.05, 0.1) is 10.6 Å². The van der Waals surface area contributed by atoms with Gasteiger partial charge in [0.2, 0.25) is 11.8 Å². The molecule has 0 spiro atoms. The Morgan fingerprint density at radius 3 is 2.13 bits per heavy atom. The van der Waals surface area contributed by atoms with Gasteiger partial charge in [-0.3, -0.25) is 13.9 Å². The van der Waals surface area contributed by atoms with Crippen LogP contribution in [0.1, 0.15) is 47.9 Å². The van der Waals surface area contributed by atoms with Crippen LogP contribution in [0.5, 0.6) is 0 Å². The molecule has 7 nitrogen and oxygen atoms in total. The summed E-state index contributed by atoms with van der Waals surface area (Å²) in [6.45, 7) is 3.16. The standard InChI is InChI=1S/C37H39Cl2N3O4S/c1-26-12-20-33(21-13-26)47(45,46)42(34-23-31(39)17-14-27(34)2)25-36(43)41(24-29-15-18-30(38)19-16-29)35(22-28-8-4-3-5-9-28)37(44)40-32-10-6-7-11-32/h3-5,8-9,12-21,23,32,35H,6-7,10-11,22,24-25H2,1-2H3,(H,40,44)/t35-/m0/s1. The van der Waals surface area contributed by atoms with Crippen molar-refractivity contribution in [3.63, 3.8) is 0 Å². The first-order valence-electron chi connectivity index (χ1n) is 15.7. The van der Waals surface area contributed by atoms with E-state index in [2.05, 4.69) is 5.32 Å². The molecule has 0 unspecified atom stereocenters. The van der Waals surface area contributed by atoms with E-state index in [9.17, 15) is 18.0 Å². The fourth-order valence-electron chi connectivity index (χ4n) is 5.91. The fourth-order valence-corrected chi connectivity index (χ4v) is 7.67. The normalized spacial score (nSPS) is 14.0. The maximum atomic E-state index is 14.7. The molecule has 47 heavy (non-hydrogen) atoms. The van der Waals surface area contributed by atoms with Crippen LogP contribution in [-0.4, -0.2) is 43.8 Å². The number of nitrogens with zero attached hydrogens (tertiary/aromatic N) is 2. The van der Waals surface area contributed by atoms with Crippen LogP contribution >= 0.6 is 23.2 Å². The number of hydrogen-bond acceptors (Lipinski definition) is 4. The Hall–Kier alpha value is -3.85. The highest BCUT2D eigenvalue weighted by atomic mass is 35.5. The zero-order chi connectivity index (χ0) is 33.6. The predicted octanol–water partition coefficient (Wildman–Crippen LogP) is 7.50. The lowest BCUT2D eigenvalue weighted by molar-refractivity contribution is -0.140. The van der Waals surface area contributed by atoms with Crippen LogP contribution in [0, 0.1) is 13.8 Å². The molecule has 1 saturated carbocycles. The number of sulfonamides is 1. The molecule has 5 rings (SSSR count). The first kappa shape index (κ1) is 34.5. The number of nitrogens with one attached hydrogen (secondary N) is 1. The van der Waals surface area contributed by atoms with Gasteiger partial charge < -0.3 is 10.2 Å². The Bertz CT molecular complexity index is 1790. The third-order valence-electron chi connectivity index (χ3n) is 8.57. The maximum absolute atomic E-state index is 14.7. The van der Waals surface area contributed by atoms with E-state index < -0.39 is 28.5 Å². The van der Waals surface area contributed by atoms with E-state index >= 15 is 0 Å². The minimum atomic E-state index is -4.23. The zero-order valence-electron chi connectivity index (χ0n) is 26.5. The summed E-state index contributed by atoms with van der Waals surface area (Å²) in [6, 6.07) is 27.1. The summed E-state index contributed by atoms with van der Waals surface area (Å²) in [7, 11) is -4.23. The number of carbonyl (C=O) groups is 2. The number of benzene rings is 4. The van der Waals surface area contributed by atoms with Gasteiger partial charge in [-0.05, 0) is 79.8 Å². The van der Waals surface area contributed by atoms with Gasteiger partial charge in [0.25, 0.3) is 10.0 Å². The van der Waals surface area contributed by atoms with Crippen LogP contribution in [0.3, 0.4) is 0 Å². The third-order valence-corrected chi connectivity index (χ3v) is 10.8. The molecule has 4 aromatic rings. The molecule has 1 atom stereocenters. The SMILES string of the molecule is Cc1ccc(S(=O)(=O)N(CC(=O)N(Cc2ccc(Cl)cc2)[C@@H](Cc2ccccc2)C(=O)NC2CCCC2)c2cc(Cl)ccc2C)cc1. The molecule has 1 aliphatic rings. The van der Waals surface area contributed by atoms with Crippen LogP contribution in [0.4, 0.5) is 5.69 Å². The molecule has 1 N–H and O–H groups in total. The molecule has 0 radical (unpaired) electrons. The van der Waals surface area contributed by atoms with Crippen molar-refractivity contribution in [2.75, 3.05) is 10.8 Å². The molecule has 4 aromatic carbocycles. The molecule has 10 heteroatoms. The molecule has 1 fully saturated rings. The van der Waals surface area contributed by atoms with Gasteiger partial charge in [0, 0.05) is 29.1 Å². The second kappa shape index (κ2) is 15.4. The third kappa shape index (κ3) is 8.74. The van der Waals surface area contributed by atoms with Crippen molar-refractivity contribution in [2.24, 2.45) is 0 Å². The molecule has 0 heterocycles. The van der Waals surface area contributed by atoms with Crippen LogP contribution in [0.15, 0.2) is 102 Å². The lowest BCUT2D eigenvalue weighted by Crippen LogP contribution is -2.54. The highest BCUT2D eigenvalue weighted by Crippen LogP contribution is 2.30. The summed E-state index contributed by atoms with van der Waals surface area (Å²) in [4.78, 5) is 30.3. The molecule has 1 aliphatic carbocycles. The van der Waals surface area contributed by atoms with Gasteiger partial charge in [0.15, 0.2) is 0 Å². The van der Waals surface area contributed by atoms with Crippen molar-refractivity contribution < 1.29 is 18.0 Å². The summed E-state index contributed by atoms with van der Waals surface area (Å²) in [5.41, 5.74) is 3.44. The number of rotatable bonds is 12. The van der Waals surface area contributed by atoms with Gasteiger partial charge in [-0.15, -0.1) is 0 Å². The number of aryl methyl sites for hydroxylation is 2. The van der Waals surface area contributed by atoms with E-state index in [0.717, 1.165) is 46.7 Å². The minimum Gasteiger partial charge on any atom is -0.352 e. The fraction of sp³-hybridized carbons (Fsp3) is 0.297. The lowest BCUT2D eigenvalue weighted by Gasteiger charge is -2.34. The average molecular weight is 693 g/mol. The van der Waals surface area contributed by atoms with Crippen molar-refractivity contribution in [2.45, 2.75) is 69.5 Å². The van der Waals surface area contributed by atoms with Gasteiger partial charge in [-0.2, -0.15) is 0 Å². The van der Waals surface area contributed by atoms with Crippen molar-refractivity contribution in [1.29, 1.82) is 0 Å². The van der Waals surface area contributed by atoms with Gasteiger partial charge >= 0.3 is 0 Å². The highest BCUT2D eigenvalue weighted by molar-refractivity contribution is 7.92. The van der Waals surface area contributed by atoms with Crippen molar-refractivity contribution in [3.8, 4) is 0 Å². The van der Waals surface area contributed by atoms with Gasteiger partial charge in [0.1, 0.15) is 12.6 Å². The van der Waals surface area contributed by atoms with Crippen molar-refractivity contribution in [3.05, 3.63) is 129 Å². The topological polar surface area (TPSA) is 86.8 Å². The van der Waals surface area contributed by atoms with Crippen LogP contribution in [-0.2, 0) is 32.6 Å². The van der Waals surface area contributed by atoms with E-state index in [0.29, 0.717) is 15.6 Å². The first-order valence-corrected chi connectivity index (χ1v) is 17.9. The number of halogens is 2. The van der Waals surface area contributed by atoms with Crippen molar-refractivity contribution >= 4 is 50.7 Å². The maximum Gasteiger partial charge on any atom is 0.264 e. The molecular formula is C37H39Cl2N3O4S. The Kier molecular flexibility index (Phi) is 11.3. The molecule has 0 saturated heterocycles. The lowest BCUT2D eigenvalue weighted by atomic mass is 10.0. The number of amides is 2. The monoisotopic (exact) mass is 691 g/mol. The first-order chi connectivity index (χ1) is 22.5. The second-order valence-corrected chi connectivity index (χ2v) is 14.8. The Morgan fingerprint density at radius 1 is 0.830 bits per heavy atom. The quantitative estimate of drug-likeness (QED) is 0.167. The molecular weight excluding hydrogens is 653 g/mol. The highest BCUT2D eigenvalue weighted by Gasteiger charge is 2.36. The summed E-state index contributed by atoms with van der Waals surface area (Å²) >= 11 is 12.6. The van der Waals surface area contributed by atoms with E-state index in [1.165, 1.54) is 17.0 Å². The van der Waals surface area contributed by atoms with Gasteiger partial charge in [-0.1, -0.05) is 102 Å². The van der Waals surface area contributed by atoms with E-state index in [-0.39, 0.29) is 35.5 Å². The van der Waals surface area contributed by atoms with E-state index in [1.54, 1.807) is 61.5 Å². The summed E-state index contributed by atoms with van der Waals surface area (Å²) < 4.78 is 29.7. The van der Waals surface area contributed by atoms with Gasteiger partial charge in [-0.25, -0.2) is 8.42 Å². The largest absolute Gasteiger partial charge is 0.352 e. The molecule has 0 bridgehead atoms. The number of carbonyl (C=O) groups excluding carboxylic acids is 2. The minimum absolute atomic E-state index is 0.0285. The predicted molar refractivity (Wildman–Crippen MR) is 188 cm³/mol. The molecule has 0 aliphatic heterocycles. The average Bonchev–Trinajstić information content (AvgIpc) is 3.57. The van der Waals surface area contributed by atoms with E-state index in [4.69, 9.17) is 23.2 Å². The van der Waals surface area contributed by atoms with Crippen LogP contribution < -0.4 is 9.62 Å². The van der Waals surface area contributed by atoms with Crippen LogP contribution in [0.2, 0.25) is 10.0 Å². The Morgan fingerprint density at radius 2 is 1.47 bits per heavy atom. The van der Waals surface area contributed by atoms with E-state index in [1.807, 2.05) is 37.3 Å². The molecule has 2 amide bonds.